The average molecular weight is 743 g/mol. The molecular weight excluding hydrogens is 696 g/mol. The molecule has 2 atom stereocenters. The van der Waals surface area contributed by atoms with E-state index in [2.05, 4.69) is 0 Å². The topological polar surface area (TPSA) is 40.5 Å². The zero-order chi connectivity index (χ0) is 37.5. The van der Waals surface area contributed by atoms with Gasteiger partial charge < -0.3 is 10.2 Å². The Kier molecular flexibility index (Phi) is 19.5. The van der Waals surface area contributed by atoms with Gasteiger partial charge in [-0.2, -0.15) is 61.5 Å². The van der Waals surface area contributed by atoms with Gasteiger partial charge in [-0.05, 0) is 37.5 Å². The first-order valence-corrected chi connectivity index (χ1v) is 16.0. The lowest BCUT2D eigenvalue weighted by atomic mass is 9.75. The molecule has 0 fully saturated rings. The van der Waals surface area contributed by atoms with E-state index in [0.29, 0.717) is 64.2 Å². The first-order valence-electron chi connectivity index (χ1n) is 16.0. The summed E-state index contributed by atoms with van der Waals surface area (Å²) in [7, 11) is 0. The molecule has 0 aromatic rings. The van der Waals surface area contributed by atoms with Crippen molar-refractivity contribution in [3.05, 3.63) is 0 Å². The van der Waals surface area contributed by atoms with Gasteiger partial charge in [-0.3, -0.25) is 0 Å². The Balaban J connectivity index is 6.32. The Morgan fingerprint density at radius 3 is 1.02 bits per heavy atom. The maximum atomic E-state index is 14.8. The van der Waals surface area contributed by atoms with Crippen LogP contribution in [0.15, 0.2) is 0 Å². The third-order valence-electron chi connectivity index (χ3n) is 8.32. The third kappa shape index (κ3) is 15.4. The summed E-state index contributed by atoms with van der Waals surface area (Å²) in [6, 6.07) is 0. The van der Waals surface area contributed by atoms with Crippen LogP contribution >= 0.6 is 0 Å². The van der Waals surface area contributed by atoms with E-state index >= 15 is 0 Å². The molecule has 0 heterocycles. The smallest absolute Gasteiger partial charge is 0.396 e. The lowest BCUT2D eigenvalue weighted by Gasteiger charge is -2.38. The Hall–Kier alpha value is -1.20. The summed E-state index contributed by atoms with van der Waals surface area (Å²) in [4.78, 5) is 0. The normalized spacial score (nSPS) is 15.6. The molecule has 2 unspecified atom stereocenters. The highest BCUT2D eigenvalue weighted by Gasteiger charge is 2.81. The molecule has 0 spiro atoms. The van der Waals surface area contributed by atoms with Crippen LogP contribution in [-0.4, -0.2) is 65.4 Å². The van der Waals surface area contributed by atoms with Gasteiger partial charge in [-0.15, -0.1) is 0 Å². The lowest BCUT2D eigenvalue weighted by Crippen LogP contribution is -2.61. The van der Waals surface area contributed by atoms with Crippen LogP contribution in [0.5, 0.6) is 0 Å². The minimum absolute atomic E-state index is 0.0764. The minimum Gasteiger partial charge on any atom is -0.396 e. The van der Waals surface area contributed by atoms with Gasteiger partial charge in [0.15, 0.2) is 0 Å². The van der Waals surface area contributed by atoms with Crippen molar-refractivity contribution in [2.45, 2.75) is 164 Å². The SMILES string of the molecule is OCCCCCCCCCC(CC(F)(F)CC(F)(F)C(F)(F)F)C(CCCCCCCCCO)CC(F)(F)C(F)(F)C(F)(F)C(F)(F)F. The average Bonchev–Trinajstić information content (AvgIpc) is 2.92. The van der Waals surface area contributed by atoms with Crippen LogP contribution in [0.1, 0.15) is 122 Å². The van der Waals surface area contributed by atoms with E-state index in [9.17, 15) is 70.2 Å². The van der Waals surface area contributed by atoms with E-state index in [1.165, 1.54) is 0 Å². The zero-order valence-corrected chi connectivity index (χ0v) is 26.4. The second-order valence-corrected chi connectivity index (χ2v) is 12.5. The molecule has 0 aromatic carbocycles. The molecule has 0 aromatic heterocycles. The summed E-state index contributed by atoms with van der Waals surface area (Å²) in [6.45, 7) is -0.161. The van der Waals surface area contributed by atoms with Crippen LogP contribution in [0.2, 0.25) is 0 Å². The van der Waals surface area contributed by atoms with Crippen LogP contribution in [0.25, 0.3) is 0 Å². The van der Waals surface area contributed by atoms with Gasteiger partial charge in [-0.1, -0.05) is 77.0 Å². The maximum absolute atomic E-state index is 14.8. The lowest BCUT2D eigenvalue weighted by molar-refractivity contribution is -0.398. The maximum Gasteiger partial charge on any atom is 0.460 e. The van der Waals surface area contributed by atoms with Crippen molar-refractivity contribution in [1.29, 1.82) is 0 Å². The molecule has 0 saturated carbocycles. The van der Waals surface area contributed by atoms with E-state index in [1.54, 1.807) is 0 Å². The van der Waals surface area contributed by atoms with Crippen molar-refractivity contribution >= 4 is 0 Å². The first-order chi connectivity index (χ1) is 21.8. The fourth-order valence-electron chi connectivity index (χ4n) is 5.56. The van der Waals surface area contributed by atoms with Crippen LogP contribution < -0.4 is 0 Å². The fraction of sp³-hybridized carbons (Fsp3) is 1.00. The van der Waals surface area contributed by atoms with Crippen LogP contribution in [0.4, 0.5) is 70.2 Å². The Morgan fingerprint density at radius 2 is 0.688 bits per heavy atom. The van der Waals surface area contributed by atoms with Gasteiger partial charge >= 0.3 is 36.0 Å². The van der Waals surface area contributed by atoms with E-state index in [0.717, 1.165) is 0 Å². The number of aliphatic hydroxyl groups excluding tert-OH is 2. The molecule has 18 heteroatoms. The van der Waals surface area contributed by atoms with Crippen molar-refractivity contribution < 1.29 is 80.5 Å². The summed E-state index contributed by atoms with van der Waals surface area (Å²) in [5.74, 6) is -35.6. The van der Waals surface area contributed by atoms with Gasteiger partial charge in [0.05, 0.1) is 6.42 Å². The molecule has 0 aliphatic carbocycles. The number of rotatable bonds is 27. The molecule has 0 aliphatic heterocycles. The monoisotopic (exact) mass is 742 g/mol. The predicted molar refractivity (Wildman–Crippen MR) is 146 cm³/mol. The van der Waals surface area contributed by atoms with Crippen LogP contribution in [-0.2, 0) is 0 Å². The second-order valence-electron chi connectivity index (χ2n) is 12.5. The third-order valence-corrected chi connectivity index (χ3v) is 8.32. The van der Waals surface area contributed by atoms with Gasteiger partial charge in [0.1, 0.15) is 0 Å². The van der Waals surface area contributed by atoms with Crippen molar-refractivity contribution in [2.75, 3.05) is 13.2 Å². The molecule has 0 saturated heterocycles. The van der Waals surface area contributed by atoms with Crippen LogP contribution in [0.3, 0.4) is 0 Å². The summed E-state index contributed by atoms with van der Waals surface area (Å²) >= 11 is 0. The van der Waals surface area contributed by atoms with Crippen molar-refractivity contribution in [2.24, 2.45) is 11.8 Å². The highest BCUT2D eigenvalue weighted by atomic mass is 19.4. The second kappa shape index (κ2) is 20.0. The zero-order valence-electron chi connectivity index (χ0n) is 26.4. The Morgan fingerprint density at radius 1 is 0.354 bits per heavy atom. The predicted octanol–water partition coefficient (Wildman–Crippen LogP) is 11.9. The standard InChI is InChI=1S/C30H46F16O2/c31-24(32,21-26(35,36)29(41,42)43)19-22(15-11-7-3-1-5-9-13-17-47)23(16-12-8-4-2-6-10-14-18-48)20-25(33,34)27(37,38)28(39,40)30(44,45)46/h22-23,47-48H,1-21H2. The van der Waals surface area contributed by atoms with E-state index in [4.69, 9.17) is 10.2 Å². The number of aliphatic hydroxyl groups is 2. The number of hydrogen-bond acceptors (Lipinski definition) is 2. The van der Waals surface area contributed by atoms with E-state index < -0.39 is 85.9 Å². The quantitative estimate of drug-likeness (QED) is 0.0650. The molecule has 0 rings (SSSR count). The summed E-state index contributed by atoms with van der Waals surface area (Å²) in [5, 5.41) is 17.6. The molecule has 290 valence electrons. The molecule has 2 N–H and O–H groups in total. The van der Waals surface area contributed by atoms with Crippen molar-refractivity contribution in [1.82, 2.24) is 0 Å². The van der Waals surface area contributed by atoms with Gasteiger partial charge in [0, 0.05) is 26.1 Å². The molecule has 0 radical (unpaired) electrons. The van der Waals surface area contributed by atoms with Gasteiger partial charge in [-0.25, -0.2) is 8.78 Å². The van der Waals surface area contributed by atoms with Gasteiger partial charge in [0.25, 0.3) is 5.92 Å². The number of halogens is 16. The molecular formula is C30H46F16O2. The fourth-order valence-corrected chi connectivity index (χ4v) is 5.56. The van der Waals surface area contributed by atoms with Crippen LogP contribution in [0, 0.1) is 11.8 Å². The number of hydrogen-bond donors (Lipinski definition) is 2. The van der Waals surface area contributed by atoms with Crippen molar-refractivity contribution in [3.8, 4) is 0 Å². The highest BCUT2D eigenvalue weighted by Crippen LogP contribution is 2.56. The molecule has 0 aliphatic rings. The number of unbranched alkanes of at least 4 members (excludes halogenated alkanes) is 12. The van der Waals surface area contributed by atoms with Gasteiger partial charge in [0.2, 0.25) is 0 Å². The summed E-state index contributed by atoms with van der Waals surface area (Å²) < 4.78 is 218. The summed E-state index contributed by atoms with van der Waals surface area (Å²) in [5.41, 5.74) is 0. The van der Waals surface area contributed by atoms with E-state index in [-0.39, 0.29) is 38.9 Å². The molecule has 0 amide bonds. The van der Waals surface area contributed by atoms with E-state index in [1.807, 2.05) is 0 Å². The molecule has 2 nitrogen and oxygen atoms in total. The first kappa shape index (κ1) is 46.8. The minimum atomic E-state index is -7.26. The number of alkyl halides is 16. The largest absolute Gasteiger partial charge is 0.460 e. The Labute approximate surface area is 270 Å². The highest BCUT2D eigenvalue weighted by molar-refractivity contribution is 5.01. The Bertz CT molecular complexity index is 859. The summed E-state index contributed by atoms with van der Waals surface area (Å²) in [6.07, 6.45) is -17.3. The van der Waals surface area contributed by atoms with Crippen molar-refractivity contribution in [3.63, 3.8) is 0 Å². The molecule has 0 bridgehead atoms. The molecule has 48 heavy (non-hydrogen) atoms.